The van der Waals surface area contributed by atoms with E-state index >= 15 is 0 Å². The minimum Gasteiger partial charge on any atom is -0.466 e. The predicted molar refractivity (Wildman–Crippen MR) is 139 cm³/mol. The van der Waals surface area contributed by atoms with Gasteiger partial charge in [0.2, 0.25) is 11.8 Å². The Hall–Kier alpha value is -2.17. The Kier molecular flexibility index (Phi) is 8.26. The molecule has 3 aliphatic heterocycles. The second-order valence-corrected chi connectivity index (χ2v) is 10.8. The van der Waals surface area contributed by atoms with Crippen molar-refractivity contribution < 1.29 is 29.0 Å². The molecule has 2 N–H and O–H groups in total. The number of aliphatic hydroxyl groups is 1. The van der Waals surface area contributed by atoms with Crippen molar-refractivity contribution in [2.24, 2.45) is 11.8 Å². The SMILES string of the molecule is CCOC(=O)[C@H]1[C@@H]2OC3(CC2Br)C(C(=O)Nc2ccc(N(CC)CC)cc2)N(CCCCO)C(=O)[C@H]13. The maximum Gasteiger partial charge on any atom is 0.312 e. The van der Waals surface area contributed by atoms with Gasteiger partial charge in [0.05, 0.1) is 24.5 Å². The molecule has 1 aromatic rings. The number of nitrogens with one attached hydrogen (secondary N) is 1. The van der Waals surface area contributed by atoms with Crippen LogP contribution in [0, 0.1) is 11.8 Å². The Balaban J connectivity index is 1.63. The van der Waals surface area contributed by atoms with Crippen molar-refractivity contribution in [1.82, 2.24) is 4.90 Å². The van der Waals surface area contributed by atoms with E-state index in [4.69, 9.17) is 9.47 Å². The van der Waals surface area contributed by atoms with Crippen molar-refractivity contribution in [1.29, 1.82) is 0 Å². The van der Waals surface area contributed by atoms with Crippen LogP contribution >= 0.6 is 15.9 Å². The van der Waals surface area contributed by atoms with Gasteiger partial charge in [0.15, 0.2) is 0 Å². The summed E-state index contributed by atoms with van der Waals surface area (Å²) in [6.07, 6.45) is 0.966. The average molecular weight is 566 g/mol. The fourth-order valence-electron chi connectivity index (χ4n) is 6.13. The lowest BCUT2D eigenvalue weighted by Gasteiger charge is -2.34. The van der Waals surface area contributed by atoms with Crippen LogP contribution in [0.25, 0.3) is 0 Å². The number of rotatable bonds is 11. The molecule has 2 bridgehead atoms. The molecule has 3 saturated heterocycles. The number of nitrogens with zero attached hydrogens (tertiary/aromatic N) is 2. The zero-order valence-electron chi connectivity index (χ0n) is 21.1. The number of aliphatic hydroxyl groups excluding tert-OH is 1. The van der Waals surface area contributed by atoms with Crippen LogP contribution < -0.4 is 10.2 Å². The number of carbonyl (C=O) groups excluding carboxylic acids is 3. The van der Waals surface area contributed by atoms with Crippen molar-refractivity contribution in [3.8, 4) is 0 Å². The summed E-state index contributed by atoms with van der Waals surface area (Å²) in [6, 6.07) is 6.75. The molecule has 198 valence electrons. The van der Waals surface area contributed by atoms with Crippen molar-refractivity contribution in [3.63, 3.8) is 0 Å². The Morgan fingerprint density at radius 2 is 1.92 bits per heavy atom. The quantitative estimate of drug-likeness (QED) is 0.241. The summed E-state index contributed by atoms with van der Waals surface area (Å²) in [5.74, 6) is -2.59. The Labute approximate surface area is 220 Å². The molecule has 4 rings (SSSR count). The molecule has 3 unspecified atom stereocenters. The molecule has 1 spiro atoms. The number of likely N-dealkylation sites (tertiary alicyclic amines) is 1. The molecule has 0 radical (unpaired) electrons. The Morgan fingerprint density at radius 3 is 2.53 bits per heavy atom. The third kappa shape index (κ3) is 4.52. The lowest BCUT2D eigenvalue weighted by Crippen LogP contribution is -2.54. The van der Waals surface area contributed by atoms with Gasteiger partial charge in [-0.2, -0.15) is 0 Å². The molecule has 2 amide bonds. The van der Waals surface area contributed by atoms with E-state index in [1.54, 1.807) is 11.8 Å². The zero-order chi connectivity index (χ0) is 26.0. The third-order valence-corrected chi connectivity index (χ3v) is 8.51. The number of fused-ring (bicyclic) bond motifs is 1. The molecular formula is C26H36BrN3O6. The molecule has 3 fully saturated rings. The number of anilines is 2. The fraction of sp³-hybridized carbons (Fsp3) is 0.654. The van der Waals surface area contributed by atoms with Gasteiger partial charge < -0.3 is 29.7 Å². The van der Waals surface area contributed by atoms with Crippen molar-refractivity contribution >= 4 is 45.1 Å². The topological polar surface area (TPSA) is 108 Å². The van der Waals surface area contributed by atoms with E-state index in [0.717, 1.165) is 18.8 Å². The highest BCUT2D eigenvalue weighted by molar-refractivity contribution is 9.09. The van der Waals surface area contributed by atoms with E-state index in [2.05, 4.69) is 40.0 Å². The summed E-state index contributed by atoms with van der Waals surface area (Å²) in [6.45, 7) is 8.18. The second-order valence-electron chi connectivity index (χ2n) is 9.59. The maximum atomic E-state index is 13.8. The lowest BCUT2D eigenvalue weighted by molar-refractivity contribution is -0.154. The van der Waals surface area contributed by atoms with E-state index in [1.807, 2.05) is 24.3 Å². The number of amides is 2. The van der Waals surface area contributed by atoms with Crippen LogP contribution in [-0.4, -0.2) is 83.2 Å². The second kappa shape index (κ2) is 11.1. The summed E-state index contributed by atoms with van der Waals surface area (Å²) < 4.78 is 11.7. The van der Waals surface area contributed by atoms with Crippen molar-refractivity contribution in [2.75, 3.05) is 43.1 Å². The van der Waals surface area contributed by atoms with Gasteiger partial charge in [0.25, 0.3) is 0 Å². The molecule has 0 saturated carbocycles. The highest BCUT2D eigenvalue weighted by atomic mass is 79.9. The van der Waals surface area contributed by atoms with Gasteiger partial charge in [-0.1, -0.05) is 15.9 Å². The van der Waals surface area contributed by atoms with E-state index < -0.39 is 35.6 Å². The predicted octanol–water partition coefficient (Wildman–Crippen LogP) is 2.55. The molecule has 0 aliphatic carbocycles. The molecule has 3 aliphatic rings. The average Bonchev–Trinajstić information content (AvgIpc) is 3.45. The summed E-state index contributed by atoms with van der Waals surface area (Å²) in [4.78, 5) is 44.0. The Bertz CT molecular complexity index is 971. The third-order valence-electron chi connectivity index (χ3n) is 7.67. The van der Waals surface area contributed by atoms with Gasteiger partial charge in [0, 0.05) is 42.4 Å². The van der Waals surface area contributed by atoms with Gasteiger partial charge in [-0.15, -0.1) is 0 Å². The first-order valence-corrected chi connectivity index (χ1v) is 13.8. The van der Waals surface area contributed by atoms with Crippen molar-refractivity contribution in [2.45, 2.75) is 62.6 Å². The van der Waals surface area contributed by atoms with E-state index in [9.17, 15) is 19.5 Å². The van der Waals surface area contributed by atoms with Crippen LogP contribution in [0.2, 0.25) is 0 Å². The first-order valence-electron chi connectivity index (χ1n) is 12.9. The van der Waals surface area contributed by atoms with Gasteiger partial charge >= 0.3 is 5.97 Å². The molecule has 3 heterocycles. The number of halogens is 1. The molecule has 36 heavy (non-hydrogen) atoms. The van der Waals surface area contributed by atoms with Crippen molar-refractivity contribution in [3.05, 3.63) is 24.3 Å². The van der Waals surface area contributed by atoms with E-state index in [1.165, 1.54) is 0 Å². The largest absolute Gasteiger partial charge is 0.466 e. The number of carbonyl (C=O) groups is 3. The van der Waals surface area contributed by atoms with E-state index in [-0.39, 0.29) is 29.9 Å². The molecule has 10 heteroatoms. The lowest BCUT2D eigenvalue weighted by atomic mass is 9.70. The molecular weight excluding hydrogens is 530 g/mol. The highest BCUT2D eigenvalue weighted by Crippen LogP contribution is 2.60. The summed E-state index contributed by atoms with van der Waals surface area (Å²) >= 11 is 3.64. The normalized spacial score (nSPS) is 30.4. The summed E-state index contributed by atoms with van der Waals surface area (Å²) in [5.41, 5.74) is 0.580. The molecule has 1 aromatic carbocycles. The first kappa shape index (κ1) is 26.9. The number of benzene rings is 1. The number of hydrogen-bond donors (Lipinski definition) is 2. The number of alkyl halides is 1. The maximum absolute atomic E-state index is 13.8. The van der Waals surface area contributed by atoms with Gasteiger partial charge in [-0.25, -0.2) is 0 Å². The monoisotopic (exact) mass is 565 g/mol. The minimum atomic E-state index is -1.11. The number of ether oxygens (including phenoxy) is 2. The van der Waals surface area contributed by atoms with Gasteiger partial charge in [-0.3, -0.25) is 14.4 Å². The smallest absolute Gasteiger partial charge is 0.312 e. The molecule has 6 atom stereocenters. The summed E-state index contributed by atoms with van der Waals surface area (Å²) in [7, 11) is 0. The number of unbranched alkanes of at least 4 members (excludes halogenated alkanes) is 1. The summed E-state index contributed by atoms with van der Waals surface area (Å²) in [5, 5.41) is 12.3. The van der Waals surface area contributed by atoms with Crippen LogP contribution in [0.15, 0.2) is 24.3 Å². The van der Waals surface area contributed by atoms with Crippen LogP contribution in [0.1, 0.15) is 40.0 Å². The zero-order valence-corrected chi connectivity index (χ0v) is 22.7. The molecule has 9 nitrogen and oxygen atoms in total. The standard InChI is InChI=1S/C26H36BrN3O6/c1-4-29(5-2)17-11-9-16(10-12-17)28-23(32)22-26-15-18(27)21(36-26)19(25(34)35-6-3)20(26)24(33)30(22)13-7-8-14-31/h9-12,18-22,31H,4-8,13-15H2,1-3H3,(H,28,32)/t18?,19-,20+,21-,22?,26?/m1/s1. The van der Waals surface area contributed by atoms with Gasteiger partial charge in [0.1, 0.15) is 11.6 Å². The first-order chi connectivity index (χ1) is 17.3. The van der Waals surface area contributed by atoms with E-state index in [0.29, 0.717) is 31.5 Å². The highest BCUT2D eigenvalue weighted by Gasteiger charge is 2.76. The van der Waals surface area contributed by atoms with Crippen LogP contribution in [0.5, 0.6) is 0 Å². The van der Waals surface area contributed by atoms with Gasteiger partial charge in [-0.05, 0) is 64.3 Å². The number of esters is 1. The minimum absolute atomic E-state index is 0.000148. The van der Waals surface area contributed by atoms with Crippen LogP contribution in [0.3, 0.4) is 0 Å². The fourth-order valence-corrected chi connectivity index (χ4v) is 7.07. The number of hydrogen-bond acceptors (Lipinski definition) is 7. The Morgan fingerprint density at radius 1 is 1.22 bits per heavy atom. The van der Waals surface area contributed by atoms with Crippen LogP contribution in [-0.2, 0) is 23.9 Å². The van der Waals surface area contributed by atoms with Crippen LogP contribution in [0.4, 0.5) is 11.4 Å². The molecule has 0 aromatic heterocycles.